The van der Waals surface area contributed by atoms with Gasteiger partial charge in [-0.1, -0.05) is 0 Å². The molecule has 6 heteroatoms. The monoisotopic (exact) mass is 357 g/mol. The molecule has 2 rings (SSSR count). The van der Waals surface area contributed by atoms with Gasteiger partial charge in [-0.2, -0.15) is 0 Å². The van der Waals surface area contributed by atoms with Crippen LogP contribution in [-0.4, -0.2) is 31.2 Å². The molecule has 0 aliphatic rings. The second-order valence-corrected chi connectivity index (χ2v) is 6.15. The number of ether oxygens (including phenoxy) is 2. The van der Waals surface area contributed by atoms with E-state index in [1.165, 1.54) is 12.1 Å². The molecule has 0 heterocycles. The van der Waals surface area contributed by atoms with Gasteiger partial charge in [-0.15, -0.1) is 0 Å². The van der Waals surface area contributed by atoms with Crippen LogP contribution in [0.25, 0.3) is 0 Å². The standard InChI is InChI=1S/C20H23NO5/c1-11-6-14(9-15(7-11)20(23)24)19(22)21-13(3)16-10-18(26-5)17(25-4)8-12(16)2/h6-10,13H,1-5H3,(H,21,22)(H,23,24). The third kappa shape index (κ3) is 4.14. The first kappa shape index (κ1) is 19.3. The van der Waals surface area contributed by atoms with Gasteiger partial charge in [-0.3, -0.25) is 4.79 Å². The molecule has 0 aliphatic carbocycles. The van der Waals surface area contributed by atoms with Crippen LogP contribution in [0.15, 0.2) is 30.3 Å². The van der Waals surface area contributed by atoms with Crippen LogP contribution >= 0.6 is 0 Å². The molecule has 138 valence electrons. The Kier molecular flexibility index (Phi) is 5.87. The highest BCUT2D eigenvalue weighted by Gasteiger charge is 2.18. The van der Waals surface area contributed by atoms with Crippen molar-refractivity contribution in [2.75, 3.05) is 14.2 Å². The highest BCUT2D eigenvalue weighted by atomic mass is 16.5. The Labute approximate surface area is 152 Å². The van der Waals surface area contributed by atoms with Crippen molar-refractivity contribution in [3.8, 4) is 11.5 Å². The lowest BCUT2D eigenvalue weighted by Gasteiger charge is -2.19. The number of carbonyl (C=O) groups is 2. The fourth-order valence-corrected chi connectivity index (χ4v) is 2.86. The van der Waals surface area contributed by atoms with Crippen molar-refractivity contribution in [3.63, 3.8) is 0 Å². The van der Waals surface area contributed by atoms with Crippen LogP contribution in [0.4, 0.5) is 0 Å². The summed E-state index contributed by atoms with van der Waals surface area (Å²) in [5.74, 6) is -0.195. The molecule has 2 N–H and O–H groups in total. The predicted molar refractivity (Wildman–Crippen MR) is 98.3 cm³/mol. The SMILES string of the molecule is COc1cc(C)c(C(C)NC(=O)c2cc(C)cc(C(=O)O)c2)cc1OC. The van der Waals surface area contributed by atoms with Gasteiger partial charge < -0.3 is 19.9 Å². The third-order valence-electron chi connectivity index (χ3n) is 4.17. The van der Waals surface area contributed by atoms with Gasteiger partial charge in [0.2, 0.25) is 0 Å². The Morgan fingerprint density at radius 1 is 0.962 bits per heavy atom. The van der Waals surface area contributed by atoms with Crippen LogP contribution < -0.4 is 14.8 Å². The van der Waals surface area contributed by atoms with E-state index in [0.717, 1.165) is 11.1 Å². The average Bonchev–Trinajstić information content (AvgIpc) is 2.60. The molecule has 0 fully saturated rings. The predicted octanol–water partition coefficient (Wildman–Crippen LogP) is 3.51. The Bertz CT molecular complexity index is 844. The molecule has 0 saturated heterocycles. The summed E-state index contributed by atoms with van der Waals surface area (Å²) in [4.78, 5) is 23.8. The molecule has 0 aliphatic heterocycles. The van der Waals surface area contributed by atoms with Gasteiger partial charge in [0.1, 0.15) is 0 Å². The van der Waals surface area contributed by atoms with Gasteiger partial charge in [0, 0.05) is 5.56 Å². The lowest BCUT2D eigenvalue weighted by Crippen LogP contribution is -2.27. The van der Waals surface area contributed by atoms with E-state index in [-0.39, 0.29) is 17.5 Å². The van der Waals surface area contributed by atoms with Crippen molar-refractivity contribution < 1.29 is 24.2 Å². The highest BCUT2D eigenvalue weighted by molar-refractivity contribution is 5.98. The average molecular weight is 357 g/mol. The zero-order valence-corrected chi connectivity index (χ0v) is 15.5. The summed E-state index contributed by atoms with van der Waals surface area (Å²) in [5.41, 5.74) is 2.95. The molecule has 0 bridgehead atoms. The maximum absolute atomic E-state index is 12.6. The van der Waals surface area contributed by atoms with E-state index in [4.69, 9.17) is 14.6 Å². The van der Waals surface area contributed by atoms with E-state index >= 15 is 0 Å². The quantitative estimate of drug-likeness (QED) is 0.826. The molecule has 0 aromatic heterocycles. The second kappa shape index (κ2) is 7.91. The number of hydrogen-bond donors (Lipinski definition) is 2. The van der Waals surface area contributed by atoms with Gasteiger partial charge in [-0.05, 0) is 67.8 Å². The van der Waals surface area contributed by atoms with E-state index in [1.54, 1.807) is 27.2 Å². The third-order valence-corrected chi connectivity index (χ3v) is 4.17. The summed E-state index contributed by atoms with van der Waals surface area (Å²) in [7, 11) is 3.13. The Balaban J connectivity index is 2.29. The van der Waals surface area contributed by atoms with E-state index in [1.807, 2.05) is 26.0 Å². The maximum Gasteiger partial charge on any atom is 0.335 e. The summed E-state index contributed by atoms with van der Waals surface area (Å²) in [6.07, 6.45) is 0. The van der Waals surface area contributed by atoms with Crippen LogP contribution in [-0.2, 0) is 0 Å². The number of carboxylic acids is 1. The molecule has 0 saturated carbocycles. The molecule has 6 nitrogen and oxygen atoms in total. The first-order chi connectivity index (χ1) is 12.3. The number of aromatic carboxylic acids is 1. The second-order valence-electron chi connectivity index (χ2n) is 6.15. The highest BCUT2D eigenvalue weighted by Crippen LogP contribution is 2.33. The van der Waals surface area contributed by atoms with Crippen molar-refractivity contribution in [1.82, 2.24) is 5.32 Å². The normalized spacial score (nSPS) is 11.6. The van der Waals surface area contributed by atoms with Gasteiger partial charge in [-0.25, -0.2) is 4.79 Å². The maximum atomic E-state index is 12.6. The molecular formula is C20H23NO5. The van der Waals surface area contributed by atoms with Crippen molar-refractivity contribution in [1.29, 1.82) is 0 Å². The Morgan fingerprint density at radius 3 is 2.12 bits per heavy atom. The Morgan fingerprint density at radius 2 is 1.54 bits per heavy atom. The molecule has 2 aromatic rings. The number of methoxy groups -OCH3 is 2. The molecule has 1 unspecified atom stereocenters. The first-order valence-electron chi connectivity index (χ1n) is 8.15. The minimum Gasteiger partial charge on any atom is -0.493 e. The van der Waals surface area contributed by atoms with Crippen LogP contribution in [0, 0.1) is 13.8 Å². The van der Waals surface area contributed by atoms with Gasteiger partial charge in [0.25, 0.3) is 5.91 Å². The molecule has 1 atom stereocenters. The molecule has 26 heavy (non-hydrogen) atoms. The summed E-state index contributed by atoms with van der Waals surface area (Å²) >= 11 is 0. The number of benzene rings is 2. The zero-order valence-electron chi connectivity index (χ0n) is 15.5. The fraction of sp³-hybridized carbons (Fsp3) is 0.300. The van der Waals surface area contributed by atoms with Crippen molar-refractivity contribution >= 4 is 11.9 Å². The van der Waals surface area contributed by atoms with Gasteiger partial charge >= 0.3 is 5.97 Å². The van der Waals surface area contributed by atoms with E-state index in [2.05, 4.69) is 5.32 Å². The first-order valence-corrected chi connectivity index (χ1v) is 8.15. The van der Waals surface area contributed by atoms with Crippen LogP contribution in [0.3, 0.4) is 0 Å². The smallest absolute Gasteiger partial charge is 0.335 e. The number of amides is 1. The van der Waals surface area contributed by atoms with Crippen molar-refractivity contribution in [3.05, 3.63) is 58.1 Å². The molecule has 0 spiro atoms. The minimum atomic E-state index is -1.06. The van der Waals surface area contributed by atoms with Crippen LogP contribution in [0.2, 0.25) is 0 Å². The van der Waals surface area contributed by atoms with Crippen molar-refractivity contribution in [2.45, 2.75) is 26.8 Å². The summed E-state index contributed by atoms with van der Waals surface area (Å²) in [6.45, 7) is 5.54. The molecular weight excluding hydrogens is 334 g/mol. The lowest BCUT2D eigenvalue weighted by molar-refractivity contribution is 0.0696. The number of carboxylic acid groups (broad SMARTS) is 1. The van der Waals surface area contributed by atoms with Crippen LogP contribution in [0.5, 0.6) is 11.5 Å². The molecule has 2 aromatic carbocycles. The number of carbonyl (C=O) groups excluding carboxylic acids is 1. The number of hydrogen-bond acceptors (Lipinski definition) is 4. The Hall–Kier alpha value is -3.02. The summed E-state index contributed by atoms with van der Waals surface area (Å²) in [6, 6.07) is 7.95. The van der Waals surface area contributed by atoms with Crippen LogP contribution in [0.1, 0.15) is 50.4 Å². The largest absolute Gasteiger partial charge is 0.493 e. The summed E-state index contributed by atoms with van der Waals surface area (Å²) < 4.78 is 10.6. The number of aryl methyl sites for hydroxylation is 2. The number of rotatable bonds is 6. The summed E-state index contributed by atoms with van der Waals surface area (Å²) in [5, 5.41) is 12.1. The van der Waals surface area contributed by atoms with E-state index in [9.17, 15) is 9.59 Å². The minimum absolute atomic E-state index is 0.0881. The van der Waals surface area contributed by atoms with E-state index < -0.39 is 5.97 Å². The van der Waals surface area contributed by atoms with Gasteiger partial charge in [0.15, 0.2) is 11.5 Å². The van der Waals surface area contributed by atoms with Crippen molar-refractivity contribution in [2.24, 2.45) is 0 Å². The number of nitrogens with one attached hydrogen (secondary N) is 1. The topological polar surface area (TPSA) is 84.9 Å². The van der Waals surface area contributed by atoms with Gasteiger partial charge in [0.05, 0.1) is 25.8 Å². The molecule has 0 radical (unpaired) electrons. The lowest BCUT2D eigenvalue weighted by atomic mass is 10.0. The van der Waals surface area contributed by atoms with E-state index in [0.29, 0.717) is 22.6 Å². The fourth-order valence-electron chi connectivity index (χ4n) is 2.86. The zero-order chi connectivity index (χ0) is 19.4. The molecule has 1 amide bonds.